The first-order valence-electron chi connectivity index (χ1n) is 10.4. The summed E-state index contributed by atoms with van der Waals surface area (Å²) in [5.74, 6) is 1.03. The maximum absolute atomic E-state index is 12.7. The largest absolute Gasteiger partial charge is 0.497 e. The van der Waals surface area contributed by atoms with E-state index in [-0.39, 0.29) is 34.6 Å². The molecule has 184 valence electrons. The van der Waals surface area contributed by atoms with E-state index in [1.807, 2.05) is 0 Å². The smallest absolute Gasteiger partial charge is 0.276 e. The molecule has 36 heavy (non-hydrogen) atoms. The van der Waals surface area contributed by atoms with Gasteiger partial charge in [-0.1, -0.05) is 29.3 Å². The Morgan fingerprint density at radius 3 is 2.53 bits per heavy atom. The van der Waals surface area contributed by atoms with E-state index in [1.165, 1.54) is 36.1 Å². The van der Waals surface area contributed by atoms with Gasteiger partial charge in [-0.2, -0.15) is 5.10 Å². The molecule has 0 aliphatic carbocycles. The first-order chi connectivity index (χ1) is 17.3. The van der Waals surface area contributed by atoms with Gasteiger partial charge in [-0.15, -0.1) is 0 Å². The number of anilines is 1. The summed E-state index contributed by atoms with van der Waals surface area (Å²) in [6, 6.07) is 17.1. The van der Waals surface area contributed by atoms with Gasteiger partial charge in [0, 0.05) is 18.3 Å². The Hall–Kier alpha value is -4.28. The number of non-ortho nitro benzene ring substituents is 1. The SMILES string of the molecule is COc1ccc(Oc2cc(NC(=O)c3ccn(COc4cccc(Cl)c4Cl)n3)cc([N+](=O)[O-])c2)cc1. The molecule has 1 amide bonds. The summed E-state index contributed by atoms with van der Waals surface area (Å²) in [6.07, 6.45) is 1.54. The number of aromatic nitrogens is 2. The quantitative estimate of drug-likeness (QED) is 0.203. The van der Waals surface area contributed by atoms with Crippen molar-refractivity contribution in [2.75, 3.05) is 12.4 Å². The Bertz CT molecular complexity index is 1410. The van der Waals surface area contributed by atoms with Crippen molar-refractivity contribution >= 4 is 40.5 Å². The topological polar surface area (TPSA) is 118 Å². The van der Waals surface area contributed by atoms with Crippen LogP contribution in [0.1, 0.15) is 10.5 Å². The zero-order valence-corrected chi connectivity index (χ0v) is 20.2. The van der Waals surface area contributed by atoms with Gasteiger partial charge in [0.15, 0.2) is 12.4 Å². The molecule has 4 aromatic rings. The Morgan fingerprint density at radius 2 is 1.81 bits per heavy atom. The maximum atomic E-state index is 12.7. The lowest BCUT2D eigenvalue weighted by Crippen LogP contribution is -2.14. The van der Waals surface area contributed by atoms with Crippen LogP contribution in [0.3, 0.4) is 0 Å². The minimum Gasteiger partial charge on any atom is -0.497 e. The van der Waals surface area contributed by atoms with E-state index in [2.05, 4.69) is 10.4 Å². The number of nitro groups is 1. The summed E-state index contributed by atoms with van der Waals surface area (Å²) in [7, 11) is 1.54. The van der Waals surface area contributed by atoms with Gasteiger partial charge in [-0.05, 0) is 42.5 Å². The molecule has 0 unspecified atom stereocenters. The Balaban J connectivity index is 1.46. The molecule has 0 aliphatic heterocycles. The number of nitro benzene ring substituents is 1. The van der Waals surface area contributed by atoms with Gasteiger partial charge in [0.05, 0.1) is 28.8 Å². The second-order valence-electron chi connectivity index (χ2n) is 7.27. The molecule has 0 aliphatic rings. The maximum Gasteiger partial charge on any atom is 0.276 e. The normalized spacial score (nSPS) is 10.5. The van der Waals surface area contributed by atoms with Crippen LogP contribution in [-0.4, -0.2) is 27.7 Å². The fourth-order valence-corrected chi connectivity index (χ4v) is 3.43. The number of nitrogens with one attached hydrogen (secondary N) is 1. The number of halogens is 2. The summed E-state index contributed by atoms with van der Waals surface area (Å²) in [6.45, 7) is -0.0238. The summed E-state index contributed by atoms with van der Waals surface area (Å²) in [5, 5.41) is 18.8. The zero-order chi connectivity index (χ0) is 25.7. The van der Waals surface area contributed by atoms with Crippen LogP contribution in [0.15, 0.2) is 72.9 Å². The van der Waals surface area contributed by atoms with Gasteiger partial charge in [-0.25, -0.2) is 4.68 Å². The molecule has 0 radical (unpaired) electrons. The van der Waals surface area contributed by atoms with Gasteiger partial charge in [0.1, 0.15) is 28.0 Å². The highest BCUT2D eigenvalue weighted by Crippen LogP contribution is 2.32. The summed E-state index contributed by atoms with van der Waals surface area (Å²) >= 11 is 12.1. The van der Waals surface area contributed by atoms with Crippen LogP contribution in [0.4, 0.5) is 11.4 Å². The van der Waals surface area contributed by atoms with Crippen LogP contribution < -0.4 is 19.5 Å². The average Bonchev–Trinajstić information content (AvgIpc) is 3.34. The summed E-state index contributed by atoms with van der Waals surface area (Å²) in [5.41, 5.74) is -0.0252. The highest BCUT2D eigenvalue weighted by Gasteiger charge is 2.16. The molecule has 0 saturated heterocycles. The molecule has 12 heteroatoms. The third-order valence-corrected chi connectivity index (χ3v) is 5.60. The van der Waals surface area contributed by atoms with E-state index in [1.54, 1.807) is 48.7 Å². The van der Waals surface area contributed by atoms with E-state index in [0.29, 0.717) is 22.3 Å². The first-order valence-corrected chi connectivity index (χ1v) is 11.1. The fourth-order valence-electron chi connectivity index (χ4n) is 3.08. The molecule has 1 aromatic heterocycles. The number of carbonyl (C=O) groups is 1. The van der Waals surface area contributed by atoms with Crippen molar-refractivity contribution in [3.63, 3.8) is 0 Å². The number of carbonyl (C=O) groups excluding carboxylic acids is 1. The molecule has 3 aromatic carbocycles. The Kier molecular flexibility index (Phi) is 7.57. The number of ether oxygens (including phenoxy) is 3. The molecule has 4 rings (SSSR count). The Morgan fingerprint density at radius 1 is 1.06 bits per heavy atom. The van der Waals surface area contributed by atoms with Crippen molar-refractivity contribution < 1.29 is 23.9 Å². The molecule has 10 nitrogen and oxygen atoms in total. The number of rotatable bonds is 9. The molecule has 0 saturated carbocycles. The third kappa shape index (κ3) is 6.04. The zero-order valence-electron chi connectivity index (χ0n) is 18.7. The predicted octanol–water partition coefficient (Wildman–Crippen LogP) is 6.19. The van der Waals surface area contributed by atoms with Crippen molar-refractivity contribution in [1.29, 1.82) is 0 Å². The van der Waals surface area contributed by atoms with Crippen molar-refractivity contribution in [3.05, 3.63) is 98.8 Å². The van der Waals surface area contributed by atoms with Crippen LogP contribution in [-0.2, 0) is 6.73 Å². The second kappa shape index (κ2) is 11.0. The molecular weight excluding hydrogens is 511 g/mol. The highest BCUT2D eigenvalue weighted by molar-refractivity contribution is 6.42. The van der Waals surface area contributed by atoms with E-state index in [4.69, 9.17) is 37.4 Å². The first kappa shape index (κ1) is 24.8. The van der Waals surface area contributed by atoms with Gasteiger partial charge in [0.2, 0.25) is 0 Å². The van der Waals surface area contributed by atoms with Crippen molar-refractivity contribution in [2.24, 2.45) is 0 Å². The van der Waals surface area contributed by atoms with E-state index in [9.17, 15) is 14.9 Å². The second-order valence-corrected chi connectivity index (χ2v) is 8.06. The summed E-state index contributed by atoms with van der Waals surface area (Å²) < 4.78 is 17.8. The highest BCUT2D eigenvalue weighted by atomic mass is 35.5. The van der Waals surface area contributed by atoms with Crippen molar-refractivity contribution in [2.45, 2.75) is 6.73 Å². The standard InChI is InChI=1S/C24H18Cl2N4O6/c1-34-17-5-7-18(8-6-17)36-19-12-15(11-16(13-19)30(32)33)27-24(31)21-9-10-29(28-21)14-35-22-4-2-3-20(25)23(22)26/h2-13H,14H2,1H3,(H,27,31). The van der Waals surface area contributed by atoms with Gasteiger partial charge < -0.3 is 19.5 Å². The van der Waals surface area contributed by atoms with Gasteiger partial charge >= 0.3 is 0 Å². The Labute approximate surface area is 215 Å². The van der Waals surface area contributed by atoms with E-state index < -0.39 is 10.8 Å². The number of methoxy groups -OCH3 is 1. The van der Waals surface area contributed by atoms with Gasteiger partial charge in [0.25, 0.3) is 11.6 Å². The summed E-state index contributed by atoms with van der Waals surface area (Å²) in [4.78, 5) is 23.6. The van der Waals surface area contributed by atoms with Crippen LogP contribution in [0.25, 0.3) is 0 Å². The van der Waals surface area contributed by atoms with E-state index in [0.717, 1.165) is 0 Å². The molecule has 0 fully saturated rings. The number of benzene rings is 3. The lowest BCUT2D eigenvalue weighted by molar-refractivity contribution is -0.384. The van der Waals surface area contributed by atoms with Crippen LogP contribution >= 0.6 is 23.2 Å². The molecule has 0 spiro atoms. The molecule has 0 atom stereocenters. The van der Waals surface area contributed by atoms with Gasteiger partial charge in [-0.3, -0.25) is 14.9 Å². The third-order valence-electron chi connectivity index (χ3n) is 4.80. The minimum atomic E-state index is -0.580. The lowest BCUT2D eigenvalue weighted by Gasteiger charge is -2.10. The minimum absolute atomic E-state index is 0.0238. The molecule has 1 N–H and O–H groups in total. The predicted molar refractivity (Wildman–Crippen MR) is 133 cm³/mol. The average molecular weight is 529 g/mol. The number of hydrogen-bond acceptors (Lipinski definition) is 7. The number of hydrogen-bond donors (Lipinski definition) is 1. The number of amides is 1. The molecular formula is C24H18Cl2N4O6. The van der Waals surface area contributed by atoms with Crippen molar-refractivity contribution in [1.82, 2.24) is 9.78 Å². The van der Waals surface area contributed by atoms with Crippen LogP contribution in [0.2, 0.25) is 10.0 Å². The monoisotopic (exact) mass is 528 g/mol. The van der Waals surface area contributed by atoms with Crippen LogP contribution in [0.5, 0.6) is 23.0 Å². The fraction of sp³-hybridized carbons (Fsp3) is 0.0833. The van der Waals surface area contributed by atoms with E-state index >= 15 is 0 Å². The van der Waals surface area contributed by atoms with Crippen LogP contribution in [0, 0.1) is 10.1 Å². The molecule has 0 bridgehead atoms. The lowest BCUT2D eigenvalue weighted by atomic mass is 10.2. The number of nitrogens with zero attached hydrogens (tertiary/aromatic N) is 3. The molecule has 1 heterocycles. The van der Waals surface area contributed by atoms with Crippen molar-refractivity contribution in [3.8, 4) is 23.0 Å².